The standard InChI is InChI=1S/C22H18N4O3/c23-20-10-22(15-8-18(27)19(28)9-16(15)25-20)14-5-1-2-6-17(14)26(21(22)29)12-13-4-3-7-24-11-13/h1-9,11,27-28H,10,12H2,(H2,23,25). The number of amidine groups is 1. The van der Waals surface area contributed by atoms with Crippen molar-refractivity contribution in [3.8, 4) is 11.5 Å². The molecule has 0 saturated heterocycles. The Hall–Kier alpha value is -3.87. The number of phenols is 2. The number of hydrogen-bond donors (Lipinski definition) is 3. The predicted molar refractivity (Wildman–Crippen MR) is 108 cm³/mol. The molecule has 7 nitrogen and oxygen atoms in total. The van der Waals surface area contributed by atoms with Gasteiger partial charge < -0.3 is 20.8 Å². The molecule has 4 N–H and O–H groups in total. The van der Waals surface area contributed by atoms with Gasteiger partial charge in [0.15, 0.2) is 11.5 Å². The monoisotopic (exact) mass is 386 g/mol. The van der Waals surface area contributed by atoms with Gasteiger partial charge in [0.25, 0.3) is 0 Å². The second-order valence-corrected chi connectivity index (χ2v) is 7.31. The highest BCUT2D eigenvalue weighted by molar-refractivity contribution is 6.14. The molecule has 1 atom stereocenters. The number of carbonyl (C=O) groups excluding carboxylic acids is 1. The molecule has 1 unspecified atom stereocenters. The first kappa shape index (κ1) is 17.2. The lowest BCUT2D eigenvalue weighted by Gasteiger charge is -2.33. The molecule has 7 heteroatoms. The topological polar surface area (TPSA) is 112 Å². The predicted octanol–water partition coefficient (Wildman–Crippen LogP) is 2.72. The third-order valence-electron chi connectivity index (χ3n) is 5.59. The fourth-order valence-corrected chi connectivity index (χ4v) is 4.35. The summed E-state index contributed by atoms with van der Waals surface area (Å²) in [4.78, 5) is 24.1. The van der Waals surface area contributed by atoms with Crippen molar-refractivity contribution in [2.75, 3.05) is 4.90 Å². The molecule has 0 radical (unpaired) electrons. The van der Waals surface area contributed by atoms with Gasteiger partial charge in [0.1, 0.15) is 11.3 Å². The first-order chi connectivity index (χ1) is 14.0. The van der Waals surface area contributed by atoms with Crippen molar-refractivity contribution < 1.29 is 15.0 Å². The number of carbonyl (C=O) groups is 1. The lowest BCUT2D eigenvalue weighted by Crippen LogP contribution is -2.45. The van der Waals surface area contributed by atoms with Gasteiger partial charge in [-0.15, -0.1) is 0 Å². The summed E-state index contributed by atoms with van der Waals surface area (Å²) in [7, 11) is 0. The number of aromatic nitrogens is 1. The smallest absolute Gasteiger partial charge is 0.243 e. The van der Waals surface area contributed by atoms with Crippen LogP contribution in [0, 0.1) is 0 Å². The summed E-state index contributed by atoms with van der Waals surface area (Å²) in [5, 5.41) is 20.1. The van der Waals surface area contributed by atoms with Crippen LogP contribution in [0.5, 0.6) is 11.5 Å². The van der Waals surface area contributed by atoms with Gasteiger partial charge in [0, 0.05) is 36.1 Å². The highest BCUT2D eigenvalue weighted by Crippen LogP contribution is 2.54. The van der Waals surface area contributed by atoms with E-state index in [1.54, 1.807) is 17.3 Å². The molecule has 0 aliphatic carbocycles. The van der Waals surface area contributed by atoms with Crippen molar-refractivity contribution in [2.45, 2.75) is 18.4 Å². The van der Waals surface area contributed by atoms with E-state index in [-0.39, 0.29) is 23.8 Å². The molecule has 1 amide bonds. The van der Waals surface area contributed by atoms with Crippen molar-refractivity contribution >= 4 is 23.1 Å². The number of aliphatic imine (C=N–C) groups is 1. The van der Waals surface area contributed by atoms with Gasteiger partial charge >= 0.3 is 0 Å². The molecule has 29 heavy (non-hydrogen) atoms. The van der Waals surface area contributed by atoms with E-state index >= 15 is 0 Å². The lowest BCUT2D eigenvalue weighted by atomic mass is 9.70. The Morgan fingerprint density at radius 1 is 1.07 bits per heavy atom. The maximum absolute atomic E-state index is 13.9. The van der Waals surface area contributed by atoms with Gasteiger partial charge in [-0.1, -0.05) is 24.3 Å². The molecular formula is C22H18N4O3. The number of hydrogen-bond acceptors (Lipinski definition) is 6. The SMILES string of the molecule is NC1=Nc2cc(O)c(O)cc2C2(C1)C(=O)N(Cc1cccnc1)c1ccccc12. The van der Waals surface area contributed by atoms with E-state index in [0.717, 1.165) is 16.8 Å². The van der Waals surface area contributed by atoms with Crippen LogP contribution in [0.3, 0.4) is 0 Å². The third kappa shape index (κ3) is 2.40. The van der Waals surface area contributed by atoms with Crippen LogP contribution < -0.4 is 10.6 Å². The number of nitrogens with two attached hydrogens (primary N) is 1. The second kappa shape index (κ2) is 6.07. The first-order valence-electron chi connectivity index (χ1n) is 9.20. The van der Waals surface area contributed by atoms with E-state index in [2.05, 4.69) is 9.98 Å². The number of phenolic OH excluding ortho intramolecular Hbond substituents is 2. The van der Waals surface area contributed by atoms with Crippen LogP contribution in [0.4, 0.5) is 11.4 Å². The number of fused-ring (bicyclic) bond motifs is 4. The minimum Gasteiger partial charge on any atom is -0.504 e. The van der Waals surface area contributed by atoms with E-state index in [1.807, 2.05) is 36.4 Å². The fourth-order valence-electron chi connectivity index (χ4n) is 4.35. The summed E-state index contributed by atoms with van der Waals surface area (Å²) >= 11 is 0. The largest absolute Gasteiger partial charge is 0.504 e. The highest BCUT2D eigenvalue weighted by Gasteiger charge is 2.54. The van der Waals surface area contributed by atoms with E-state index in [1.165, 1.54) is 12.1 Å². The maximum Gasteiger partial charge on any atom is 0.243 e. The van der Waals surface area contributed by atoms with E-state index < -0.39 is 5.41 Å². The zero-order chi connectivity index (χ0) is 20.2. The zero-order valence-electron chi connectivity index (χ0n) is 15.4. The molecule has 3 aromatic rings. The molecule has 2 aromatic carbocycles. The summed E-state index contributed by atoms with van der Waals surface area (Å²) in [5.74, 6) is -0.446. The van der Waals surface area contributed by atoms with Crippen LogP contribution >= 0.6 is 0 Å². The Morgan fingerprint density at radius 3 is 2.66 bits per heavy atom. The van der Waals surface area contributed by atoms with Crippen LogP contribution in [0.15, 0.2) is 65.9 Å². The second-order valence-electron chi connectivity index (χ2n) is 7.31. The maximum atomic E-state index is 13.9. The summed E-state index contributed by atoms with van der Waals surface area (Å²) in [6, 6.07) is 14.1. The minimum absolute atomic E-state index is 0.147. The Bertz CT molecular complexity index is 1180. The lowest BCUT2D eigenvalue weighted by molar-refractivity contribution is -0.121. The summed E-state index contributed by atoms with van der Waals surface area (Å²) in [6.45, 7) is 0.363. The zero-order valence-corrected chi connectivity index (χ0v) is 15.4. The molecule has 0 fully saturated rings. The van der Waals surface area contributed by atoms with Crippen molar-refractivity contribution in [3.63, 3.8) is 0 Å². The van der Waals surface area contributed by atoms with Crippen LogP contribution in [0.2, 0.25) is 0 Å². The third-order valence-corrected chi connectivity index (χ3v) is 5.59. The van der Waals surface area contributed by atoms with Crippen molar-refractivity contribution in [1.29, 1.82) is 0 Å². The molecule has 2 aliphatic heterocycles. The summed E-state index contributed by atoms with van der Waals surface area (Å²) in [5.41, 5.74) is 8.44. The number of benzene rings is 2. The van der Waals surface area contributed by atoms with Gasteiger partial charge in [-0.2, -0.15) is 0 Å². The molecule has 0 saturated carbocycles. The molecule has 1 spiro atoms. The van der Waals surface area contributed by atoms with E-state index in [0.29, 0.717) is 23.6 Å². The van der Waals surface area contributed by atoms with Gasteiger partial charge in [0.05, 0.1) is 12.2 Å². The van der Waals surface area contributed by atoms with Crippen molar-refractivity contribution in [1.82, 2.24) is 4.98 Å². The summed E-state index contributed by atoms with van der Waals surface area (Å²) < 4.78 is 0. The quantitative estimate of drug-likeness (QED) is 0.586. The average molecular weight is 386 g/mol. The molecule has 5 rings (SSSR count). The normalized spacial score (nSPS) is 19.8. The van der Waals surface area contributed by atoms with Gasteiger partial charge in [0.2, 0.25) is 5.91 Å². The van der Waals surface area contributed by atoms with E-state index in [4.69, 9.17) is 5.73 Å². The Morgan fingerprint density at radius 2 is 1.86 bits per heavy atom. The number of para-hydroxylation sites is 1. The average Bonchev–Trinajstić information content (AvgIpc) is 2.94. The number of anilines is 1. The van der Waals surface area contributed by atoms with E-state index in [9.17, 15) is 15.0 Å². The number of rotatable bonds is 2. The Labute approximate surface area is 166 Å². The number of nitrogens with zero attached hydrogens (tertiary/aromatic N) is 3. The van der Waals surface area contributed by atoms with Crippen LogP contribution in [0.25, 0.3) is 0 Å². The van der Waals surface area contributed by atoms with Crippen LogP contribution in [0.1, 0.15) is 23.1 Å². The van der Waals surface area contributed by atoms with Gasteiger partial charge in [-0.05, 0) is 29.3 Å². The molecule has 2 aliphatic rings. The molecule has 3 heterocycles. The van der Waals surface area contributed by atoms with Crippen molar-refractivity contribution in [2.24, 2.45) is 10.7 Å². The highest BCUT2D eigenvalue weighted by atomic mass is 16.3. The molecular weight excluding hydrogens is 368 g/mol. The first-order valence-corrected chi connectivity index (χ1v) is 9.20. The number of pyridine rings is 1. The Balaban J connectivity index is 1.73. The molecule has 0 bridgehead atoms. The van der Waals surface area contributed by atoms with Crippen LogP contribution in [-0.4, -0.2) is 26.9 Å². The molecule has 144 valence electrons. The molecule has 1 aromatic heterocycles. The van der Waals surface area contributed by atoms with Gasteiger partial charge in [-0.25, -0.2) is 4.99 Å². The summed E-state index contributed by atoms with van der Waals surface area (Å²) in [6.07, 6.45) is 3.62. The fraction of sp³-hybridized carbons (Fsp3) is 0.136. The van der Waals surface area contributed by atoms with Gasteiger partial charge in [-0.3, -0.25) is 9.78 Å². The number of aromatic hydroxyl groups is 2. The number of amides is 1. The Kier molecular flexibility index (Phi) is 3.61. The van der Waals surface area contributed by atoms with Crippen LogP contribution in [-0.2, 0) is 16.8 Å². The van der Waals surface area contributed by atoms with Crippen molar-refractivity contribution in [3.05, 3.63) is 77.6 Å². The minimum atomic E-state index is -1.11.